The van der Waals surface area contributed by atoms with E-state index in [1.807, 2.05) is 66.9 Å². The summed E-state index contributed by atoms with van der Waals surface area (Å²) in [4.78, 5) is 24.8. The third kappa shape index (κ3) is 6.71. The molecule has 0 bridgehead atoms. The molecule has 1 amide bonds. The van der Waals surface area contributed by atoms with Crippen LogP contribution in [0.1, 0.15) is 28.7 Å². The van der Waals surface area contributed by atoms with Crippen molar-refractivity contribution in [1.29, 1.82) is 0 Å². The fourth-order valence-corrected chi connectivity index (χ4v) is 4.45. The zero-order valence-corrected chi connectivity index (χ0v) is 22.2. The first-order chi connectivity index (χ1) is 18.5. The number of amides is 1. The van der Waals surface area contributed by atoms with Gasteiger partial charge in [0, 0.05) is 11.4 Å². The SMILES string of the molecule is CCOc1ccc(NCc2nnc(SCC(=O)Nc3ccccc3C(=O)OC)n2-c2ccc(C)cc2)cc1. The molecule has 10 heteroatoms. The van der Waals surface area contributed by atoms with Crippen molar-refractivity contribution in [3.63, 3.8) is 0 Å². The minimum Gasteiger partial charge on any atom is -0.494 e. The van der Waals surface area contributed by atoms with Gasteiger partial charge in [0.2, 0.25) is 5.91 Å². The first-order valence-electron chi connectivity index (χ1n) is 12.1. The smallest absolute Gasteiger partial charge is 0.339 e. The molecule has 9 nitrogen and oxygen atoms in total. The van der Waals surface area contributed by atoms with Gasteiger partial charge in [-0.05, 0) is 62.4 Å². The number of nitrogens with zero attached hydrogens (tertiary/aromatic N) is 3. The average molecular weight is 532 g/mol. The molecule has 38 heavy (non-hydrogen) atoms. The molecule has 0 aliphatic heterocycles. The Bertz CT molecular complexity index is 1390. The van der Waals surface area contributed by atoms with Crippen LogP contribution in [0.3, 0.4) is 0 Å². The summed E-state index contributed by atoms with van der Waals surface area (Å²) >= 11 is 1.26. The van der Waals surface area contributed by atoms with E-state index < -0.39 is 5.97 Å². The molecule has 0 unspecified atom stereocenters. The molecule has 196 valence electrons. The normalized spacial score (nSPS) is 10.6. The maximum atomic E-state index is 12.8. The van der Waals surface area contributed by atoms with Gasteiger partial charge in [0.15, 0.2) is 11.0 Å². The number of hydrogen-bond acceptors (Lipinski definition) is 8. The molecule has 3 aromatic carbocycles. The monoisotopic (exact) mass is 531 g/mol. The van der Waals surface area contributed by atoms with E-state index in [-0.39, 0.29) is 11.7 Å². The maximum absolute atomic E-state index is 12.8. The number of ether oxygens (including phenoxy) is 2. The average Bonchev–Trinajstić information content (AvgIpc) is 3.34. The largest absolute Gasteiger partial charge is 0.494 e. The number of aryl methyl sites for hydroxylation is 1. The van der Waals surface area contributed by atoms with Crippen LogP contribution in [0.25, 0.3) is 5.69 Å². The van der Waals surface area contributed by atoms with E-state index in [1.54, 1.807) is 24.3 Å². The van der Waals surface area contributed by atoms with Gasteiger partial charge in [0.05, 0.1) is 37.3 Å². The van der Waals surface area contributed by atoms with Gasteiger partial charge in [-0.15, -0.1) is 10.2 Å². The molecule has 4 aromatic rings. The summed E-state index contributed by atoms with van der Waals surface area (Å²) in [6.07, 6.45) is 0. The molecule has 0 fully saturated rings. The molecule has 0 saturated carbocycles. The van der Waals surface area contributed by atoms with E-state index in [0.29, 0.717) is 35.4 Å². The number of methoxy groups -OCH3 is 1. The number of carbonyl (C=O) groups excluding carboxylic acids is 2. The molecule has 0 saturated heterocycles. The molecule has 0 spiro atoms. The van der Waals surface area contributed by atoms with Crippen LogP contribution in [-0.4, -0.2) is 46.1 Å². The number of benzene rings is 3. The summed E-state index contributed by atoms with van der Waals surface area (Å²) in [6, 6.07) is 22.5. The number of esters is 1. The molecular formula is C28H29N5O4S. The highest BCUT2D eigenvalue weighted by Gasteiger charge is 2.18. The second-order valence-corrected chi connectivity index (χ2v) is 9.20. The maximum Gasteiger partial charge on any atom is 0.339 e. The predicted molar refractivity (Wildman–Crippen MR) is 148 cm³/mol. The Balaban J connectivity index is 1.49. The Hall–Kier alpha value is -4.31. The lowest BCUT2D eigenvalue weighted by Crippen LogP contribution is -2.17. The molecule has 0 radical (unpaired) electrons. The number of anilines is 2. The van der Waals surface area contributed by atoms with Gasteiger partial charge < -0.3 is 20.1 Å². The van der Waals surface area contributed by atoms with E-state index in [9.17, 15) is 9.59 Å². The van der Waals surface area contributed by atoms with Gasteiger partial charge in [-0.1, -0.05) is 41.6 Å². The van der Waals surface area contributed by atoms with Crippen molar-refractivity contribution in [1.82, 2.24) is 14.8 Å². The fourth-order valence-electron chi connectivity index (χ4n) is 3.67. The summed E-state index contributed by atoms with van der Waals surface area (Å²) in [5, 5.41) is 15.5. The van der Waals surface area contributed by atoms with Crippen molar-refractivity contribution in [2.75, 3.05) is 30.1 Å². The Labute approximate surface area is 225 Å². The number of hydrogen-bond donors (Lipinski definition) is 2. The highest BCUT2D eigenvalue weighted by Crippen LogP contribution is 2.24. The Kier molecular flexibility index (Phi) is 8.99. The Morgan fingerprint density at radius 1 is 0.974 bits per heavy atom. The highest BCUT2D eigenvalue weighted by atomic mass is 32.2. The van der Waals surface area contributed by atoms with Gasteiger partial charge in [0.25, 0.3) is 0 Å². The standard InChI is InChI=1S/C28H29N5O4S/c1-4-37-22-15-11-20(12-16-22)29-17-25-31-32-28(33(25)21-13-9-19(2)10-14-21)38-18-26(34)30-24-8-6-5-7-23(24)27(35)36-3/h5-16,29H,4,17-18H2,1-3H3,(H,30,34). The van der Waals surface area contributed by atoms with Crippen molar-refractivity contribution < 1.29 is 19.1 Å². The molecule has 1 heterocycles. The predicted octanol–water partition coefficient (Wildman–Crippen LogP) is 5.10. The minimum absolute atomic E-state index is 0.0752. The Morgan fingerprint density at radius 2 is 1.71 bits per heavy atom. The second kappa shape index (κ2) is 12.8. The summed E-state index contributed by atoms with van der Waals surface area (Å²) in [5.74, 6) is 0.788. The zero-order valence-electron chi connectivity index (χ0n) is 21.4. The quantitative estimate of drug-likeness (QED) is 0.203. The lowest BCUT2D eigenvalue weighted by Gasteiger charge is -2.13. The highest BCUT2D eigenvalue weighted by molar-refractivity contribution is 7.99. The van der Waals surface area contributed by atoms with E-state index in [4.69, 9.17) is 9.47 Å². The van der Waals surface area contributed by atoms with E-state index in [2.05, 4.69) is 20.8 Å². The second-order valence-electron chi connectivity index (χ2n) is 8.25. The van der Waals surface area contributed by atoms with Crippen LogP contribution in [0, 0.1) is 6.92 Å². The third-order valence-electron chi connectivity index (χ3n) is 5.55. The number of nitrogens with one attached hydrogen (secondary N) is 2. The summed E-state index contributed by atoms with van der Waals surface area (Å²) in [5.41, 5.74) is 3.63. The van der Waals surface area contributed by atoms with Gasteiger partial charge >= 0.3 is 5.97 Å². The molecule has 0 atom stereocenters. The molecular weight excluding hydrogens is 502 g/mol. The van der Waals surface area contributed by atoms with Crippen LogP contribution in [0.15, 0.2) is 78.0 Å². The van der Waals surface area contributed by atoms with E-state index in [1.165, 1.54) is 18.9 Å². The lowest BCUT2D eigenvalue weighted by molar-refractivity contribution is -0.113. The van der Waals surface area contributed by atoms with Gasteiger partial charge in [-0.3, -0.25) is 9.36 Å². The van der Waals surface area contributed by atoms with Crippen LogP contribution in [0.4, 0.5) is 11.4 Å². The minimum atomic E-state index is -0.516. The topological polar surface area (TPSA) is 107 Å². The number of aromatic nitrogens is 3. The molecule has 2 N–H and O–H groups in total. The zero-order chi connectivity index (χ0) is 26.9. The summed E-state index contributed by atoms with van der Waals surface area (Å²) in [6.45, 7) is 5.01. The van der Waals surface area contributed by atoms with E-state index >= 15 is 0 Å². The fraction of sp³-hybridized carbons (Fsp3) is 0.214. The van der Waals surface area contributed by atoms with Gasteiger partial charge in [-0.2, -0.15) is 0 Å². The van der Waals surface area contributed by atoms with Crippen LogP contribution >= 0.6 is 11.8 Å². The Morgan fingerprint density at radius 3 is 2.42 bits per heavy atom. The van der Waals surface area contributed by atoms with Crippen molar-refractivity contribution >= 4 is 35.0 Å². The van der Waals surface area contributed by atoms with Crippen molar-refractivity contribution in [3.05, 3.63) is 89.7 Å². The molecule has 4 rings (SSSR count). The van der Waals surface area contributed by atoms with Crippen LogP contribution in [0.2, 0.25) is 0 Å². The molecule has 0 aliphatic rings. The van der Waals surface area contributed by atoms with Gasteiger partial charge in [-0.25, -0.2) is 4.79 Å². The van der Waals surface area contributed by atoms with Crippen molar-refractivity contribution in [2.45, 2.75) is 25.5 Å². The van der Waals surface area contributed by atoms with Crippen molar-refractivity contribution in [2.24, 2.45) is 0 Å². The third-order valence-corrected chi connectivity index (χ3v) is 6.48. The summed E-state index contributed by atoms with van der Waals surface area (Å²) < 4.78 is 12.2. The first-order valence-corrected chi connectivity index (χ1v) is 13.0. The van der Waals surface area contributed by atoms with Crippen LogP contribution in [0.5, 0.6) is 5.75 Å². The first kappa shape index (κ1) is 26.7. The number of rotatable bonds is 11. The molecule has 1 aromatic heterocycles. The molecule has 0 aliphatic carbocycles. The number of carbonyl (C=O) groups is 2. The van der Waals surface area contributed by atoms with Crippen molar-refractivity contribution in [3.8, 4) is 11.4 Å². The summed E-state index contributed by atoms with van der Waals surface area (Å²) in [7, 11) is 1.30. The van der Waals surface area contributed by atoms with Crippen LogP contribution in [-0.2, 0) is 16.1 Å². The van der Waals surface area contributed by atoms with E-state index in [0.717, 1.165) is 22.7 Å². The lowest BCUT2D eigenvalue weighted by atomic mass is 10.2. The number of para-hydroxylation sites is 1. The van der Waals surface area contributed by atoms with Crippen LogP contribution < -0.4 is 15.4 Å². The van der Waals surface area contributed by atoms with Gasteiger partial charge in [0.1, 0.15) is 5.75 Å². The number of thioether (sulfide) groups is 1.